The molecule has 1 heterocycles. The number of nitrogens with zero attached hydrogens (tertiary/aromatic N) is 2. The van der Waals surface area contributed by atoms with Crippen LogP contribution in [0.3, 0.4) is 0 Å². The molecule has 0 spiro atoms. The Kier molecular flexibility index (Phi) is 2.74. The predicted molar refractivity (Wildman–Crippen MR) is 76.6 cm³/mol. The Morgan fingerprint density at radius 2 is 1.84 bits per heavy atom. The zero-order chi connectivity index (χ0) is 13.2. The van der Waals surface area contributed by atoms with Gasteiger partial charge >= 0.3 is 0 Å². The van der Waals surface area contributed by atoms with Crippen molar-refractivity contribution in [2.45, 2.75) is 6.92 Å². The Morgan fingerprint density at radius 3 is 2.68 bits per heavy atom. The molecule has 1 aromatic heterocycles. The lowest BCUT2D eigenvalue weighted by Crippen LogP contribution is -1.89. The van der Waals surface area contributed by atoms with Gasteiger partial charge in [-0.1, -0.05) is 35.9 Å². The molecule has 0 saturated heterocycles. The molecule has 0 fully saturated rings. The van der Waals surface area contributed by atoms with Crippen LogP contribution in [0.4, 0.5) is 0 Å². The molecule has 0 N–H and O–H groups in total. The number of rotatable bonds is 1. The summed E-state index contributed by atoms with van der Waals surface area (Å²) in [7, 11) is 0. The van der Waals surface area contributed by atoms with Crippen molar-refractivity contribution in [1.82, 2.24) is 4.98 Å². The molecule has 0 radical (unpaired) electrons. The van der Waals surface area contributed by atoms with Crippen molar-refractivity contribution < 1.29 is 0 Å². The first-order valence-electron chi connectivity index (χ1n) is 6.15. The van der Waals surface area contributed by atoms with Crippen LogP contribution in [0.15, 0.2) is 54.6 Å². The van der Waals surface area contributed by atoms with Gasteiger partial charge in [-0.25, -0.2) is 4.98 Å². The first kappa shape index (κ1) is 11.4. The van der Waals surface area contributed by atoms with E-state index in [1.165, 1.54) is 5.56 Å². The van der Waals surface area contributed by atoms with Gasteiger partial charge in [0.2, 0.25) is 0 Å². The number of fused-ring (bicyclic) bond motifs is 1. The molecule has 2 nitrogen and oxygen atoms in total. The average Bonchev–Trinajstić information content (AvgIpc) is 2.46. The number of benzene rings is 2. The quantitative estimate of drug-likeness (QED) is 0.646. The molecule has 0 saturated carbocycles. The van der Waals surface area contributed by atoms with Crippen molar-refractivity contribution in [3.05, 3.63) is 65.7 Å². The summed E-state index contributed by atoms with van der Waals surface area (Å²) in [4.78, 5) is 4.64. The van der Waals surface area contributed by atoms with Crippen LogP contribution in [0.1, 0.15) is 11.1 Å². The second kappa shape index (κ2) is 4.55. The van der Waals surface area contributed by atoms with Gasteiger partial charge in [0.1, 0.15) is 0 Å². The average molecular weight is 244 g/mol. The Balaban J connectivity index is 2.21. The summed E-state index contributed by atoms with van der Waals surface area (Å²) < 4.78 is 0. The van der Waals surface area contributed by atoms with Crippen molar-refractivity contribution in [1.29, 1.82) is 5.26 Å². The van der Waals surface area contributed by atoms with Crippen LogP contribution in [-0.4, -0.2) is 4.98 Å². The van der Waals surface area contributed by atoms with Crippen molar-refractivity contribution in [3.8, 4) is 17.3 Å². The van der Waals surface area contributed by atoms with Gasteiger partial charge in [0.05, 0.1) is 22.8 Å². The van der Waals surface area contributed by atoms with Crippen LogP contribution in [0.5, 0.6) is 0 Å². The Bertz CT molecular complexity index is 798. The molecule has 2 heteroatoms. The molecule has 0 amide bonds. The van der Waals surface area contributed by atoms with E-state index in [0.29, 0.717) is 5.56 Å². The van der Waals surface area contributed by atoms with Crippen LogP contribution in [0.25, 0.3) is 22.2 Å². The standard InChI is InChI=1S/C17H12N2/c1-12-6-8-16-13(10-12)7-9-17(19-16)15-5-3-2-4-14(15)11-18/h2-10H,1H3. The van der Waals surface area contributed by atoms with Crippen LogP contribution in [-0.2, 0) is 0 Å². The normalized spacial score (nSPS) is 10.3. The monoisotopic (exact) mass is 244 g/mol. The highest BCUT2D eigenvalue weighted by molar-refractivity contribution is 5.83. The molecule has 0 bridgehead atoms. The molecule has 0 unspecified atom stereocenters. The number of pyridine rings is 1. The van der Waals surface area contributed by atoms with E-state index in [2.05, 4.69) is 36.2 Å². The van der Waals surface area contributed by atoms with Gasteiger partial charge in [0.15, 0.2) is 0 Å². The van der Waals surface area contributed by atoms with Gasteiger partial charge in [0, 0.05) is 10.9 Å². The van der Waals surface area contributed by atoms with E-state index in [0.717, 1.165) is 22.2 Å². The predicted octanol–water partition coefficient (Wildman–Crippen LogP) is 4.08. The second-order valence-corrected chi connectivity index (χ2v) is 4.55. The van der Waals surface area contributed by atoms with Crippen molar-refractivity contribution in [3.63, 3.8) is 0 Å². The third-order valence-electron chi connectivity index (χ3n) is 3.17. The number of aromatic nitrogens is 1. The Hall–Kier alpha value is -2.66. The lowest BCUT2D eigenvalue weighted by Gasteiger charge is -2.05. The lowest BCUT2D eigenvalue weighted by atomic mass is 10.0. The summed E-state index contributed by atoms with van der Waals surface area (Å²) in [6.45, 7) is 2.07. The minimum absolute atomic E-state index is 0.654. The summed E-state index contributed by atoms with van der Waals surface area (Å²) in [6.07, 6.45) is 0. The Morgan fingerprint density at radius 1 is 1.00 bits per heavy atom. The van der Waals surface area contributed by atoms with Gasteiger partial charge in [-0.05, 0) is 31.2 Å². The summed E-state index contributed by atoms with van der Waals surface area (Å²) in [5, 5.41) is 10.3. The first-order chi connectivity index (χ1) is 9.28. The van der Waals surface area contributed by atoms with Crippen LogP contribution >= 0.6 is 0 Å². The van der Waals surface area contributed by atoms with Gasteiger partial charge in [-0.3, -0.25) is 0 Å². The molecular formula is C17H12N2. The number of hydrogen-bond donors (Lipinski definition) is 0. The summed E-state index contributed by atoms with van der Waals surface area (Å²) >= 11 is 0. The fraction of sp³-hybridized carbons (Fsp3) is 0.0588. The topological polar surface area (TPSA) is 36.7 Å². The second-order valence-electron chi connectivity index (χ2n) is 4.55. The van der Waals surface area contributed by atoms with E-state index < -0.39 is 0 Å². The van der Waals surface area contributed by atoms with E-state index >= 15 is 0 Å². The third kappa shape index (κ3) is 2.07. The molecule has 3 aromatic rings. The van der Waals surface area contributed by atoms with Crippen LogP contribution < -0.4 is 0 Å². The highest BCUT2D eigenvalue weighted by Gasteiger charge is 2.06. The third-order valence-corrected chi connectivity index (χ3v) is 3.17. The maximum absolute atomic E-state index is 9.15. The molecule has 0 aliphatic carbocycles. The molecule has 0 atom stereocenters. The molecular weight excluding hydrogens is 232 g/mol. The maximum Gasteiger partial charge on any atom is 0.0998 e. The van der Waals surface area contributed by atoms with E-state index in [1.54, 1.807) is 0 Å². The molecule has 2 aromatic carbocycles. The number of hydrogen-bond acceptors (Lipinski definition) is 2. The fourth-order valence-corrected chi connectivity index (χ4v) is 2.20. The Labute approximate surface area is 112 Å². The van der Waals surface area contributed by atoms with Crippen molar-refractivity contribution >= 4 is 10.9 Å². The number of nitriles is 1. The fourth-order valence-electron chi connectivity index (χ4n) is 2.20. The first-order valence-corrected chi connectivity index (χ1v) is 6.15. The zero-order valence-electron chi connectivity index (χ0n) is 10.6. The van der Waals surface area contributed by atoms with Crippen LogP contribution in [0.2, 0.25) is 0 Å². The van der Waals surface area contributed by atoms with Crippen molar-refractivity contribution in [2.24, 2.45) is 0 Å². The highest BCUT2D eigenvalue weighted by atomic mass is 14.7. The summed E-state index contributed by atoms with van der Waals surface area (Å²) in [5.74, 6) is 0. The highest BCUT2D eigenvalue weighted by Crippen LogP contribution is 2.24. The van der Waals surface area contributed by atoms with Crippen LogP contribution in [0, 0.1) is 18.3 Å². The smallest absolute Gasteiger partial charge is 0.0998 e. The van der Waals surface area contributed by atoms with E-state index in [4.69, 9.17) is 5.26 Å². The molecule has 0 aliphatic rings. The van der Waals surface area contributed by atoms with Gasteiger partial charge in [0.25, 0.3) is 0 Å². The minimum atomic E-state index is 0.654. The molecule has 19 heavy (non-hydrogen) atoms. The van der Waals surface area contributed by atoms with Gasteiger partial charge in [-0.15, -0.1) is 0 Å². The van der Waals surface area contributed by atoms with E-state index in [9.17, 15) is 0 Å². The molecule has 3 rings (SSSR count). The SMILES string of the molecule is Cc1ccc2nc(-c3ccccc3C#N)ccc2c1. The van der Waals surface area contributed by atoms with Gasteiger partial charge in [-0.2, -0.15) is 5.26 Å². The van der Waals surface area contributed by atoms with Gasteiger partial charge < -0.3 is 0 Å². The van der Waals surface area contributed by atoms with E-state index in [-0.39, 0.29) is 0 Å². The van der Waals surface area contributed by atoms with E-state index in [1.807, 2.05) is 36.4 Å². The number of aryl methyl sites for hydroxylation is 1. The zero-order valence-corrected chi connectivity index (χ0v) is 10.6. The molecule has 0 aliphatic heterocycles. The summed E-state index contributed by atoms with van der Waals surface area (Å²) in [5.41, 5.74) is 4.55. The van der Waals surface area contributed by atoms with Crippen molar-refractivity contribution in [2.75, 3.05) is 0 Å². The largest absolute Gasteiger partial charge is 0.248 e. The minimum Gasteiger partial charge on any atom is -0.248 e. The summed E-state index contributed by atoms with van der Waals surface area (Å²) in [6, 6.07) is 20.0. The maximum atomic E-state index is 9.15. The lowest BCUT2D eigenvalue weighted by molar-refractivity contribution is 1.37. The molecule has 90 valence electrons.